The lowest BCUT2D eigenvalue weighted by Gasteiger charge is -2.18. The Morgan fingerprint density at radius 3 is 1.07 bits per heavy atom. The van der Waals surface area contributed by atoms with Crippen LogP contribution in [0.1, 0.15) is 162 Å². The molecule has 0 aliphatic heterocycles. The van der Waals surface area contributed by atoms with Crippen LogP contribution in [0.15, 0.2) is 328 Å². The zero-order chi connectivity index (χ0) is 92.3. The smallest absolute Gasteiger partial charge is 0.232 e. The molecule has 20 aromatic rings. The highest BCUT2D eigenvalue weighted by Crippen LogP contribution is 2.43. The third-order valence-electron chi connectivity index (χ3n) is 26.4. The molecule has 0 atom stereocenters. The van der Waals surface area contributed by atoms with Gasteiger partial charge in [0.05, 0.1) is 50.1 Å². The number of benzene rings is 13. The summed E-state index contributed by atoms with van der Waals surface area (Å²) in [6, 6.07) is 112. The number of nitrogens with zero attached hydrogens (tertiary/aromatic N) is 9. The molecule has 0 amide bonds. The summed E-state index contributed by atoms with van der Waals surface area (Å²) in [5, 5.41) is 7.96. The normalized spacial score (nSPS) is 11.6. The number of pyridine rings is 3. The van der Waals surface area contributed by atoms with Crippen molar-refractivity contribution in [2.75, 3.05) is 0 Å². The summed E-state index contributed by atoms with van der Waals surface area (Å²) in [5.74, 6) is 5.61. The first-order chi connectivity index (χ1) is 63.2. The molecule has 0 saturated carbocycles. The summed E-state index contributed by atoms with van der Waals surface area (Å²) in [7, 11) is 10.8. The number of rotatable bonds is 16. The summed E-state index contributed by atoms with van der Waals surface area (Å²) in [4.78, 5) is 0. The van der Waals surface area contributed by atoms with Gasteiger partial charge in [-0.25, -0.2) is 22.8 Å². The van der Waals surface area contributed by atoms with Gasteiger partial charge < -0.3 is 0 Å². The van der Waals surface area contributed by atoms with E-state index in [1.165, 1.54) is 206 Å². The van der Waals surface area contributed by atoms with Crippen LogP contribution in [0.3, 0.4) is 0 Å². The third kappa shape index (κ3) is 17.8. The van der Waals surface area contributed by atoms with Crippen molar-refractivity contribution in [3.63, 3.8) is 0 Å². The first-order valence-corrected chi connectivity index (χ1v) is 47.4. The molecule has 0 spiro atoms. The number of hydrogen-bond acceptors (Lipinski definition) is 0. The van der Waals surface area contributed by atoms with Crippen LogP contribution in [-0.4, -0.2) is 17.9 Å². The van der Waals surface area contributed by atoms with Gasteiger partial charge in [0.25, 0.3) is 22.9 Å². The lowest BCUT2D eigenvalue weighted by molar-refractivity contribution is -0.660. The summed E-state index contributed by atoms with van der Waals surface area (Å²) in [6.45, 7) is 38.7. The van der Waals surface area contributed by atoms with Crippen molar-refractivity contribution in [1.82, 2.24) is 17.9 Å². The molecule has 0 unspecified atom stereocenters. The zero-order valence-electron chi connectivity index (χ0n) is 81.3. The molecule has 20 rings (SSSR count). The predicted octanol–water partition coefficient (Wildman–Crippen LogP) is 28.4. The van der Waals surface area contributed by atoms with E-state index in [2.05, 4.69) is 516 Å². The van der Waals surface area contributed by atoms with Crippen molar-refractivity contribution < 1.29 is 22.8 Å². The fourth-order valence-electron chi connectivity index (χ4n) is 20.3. The Labute approximate surface area is 777 Å². The second-order valence-corrected chi connectivity index (χ2v) is 38.4. The molecule has 0 N–H and O–H groups in total. The van der Waals surface area contributed by atoms with E-state index >= 15 is 0 Å². The first kappa shape index (κ1) is 90.7. The van der Waals surface area contributed by atoms with Crippen molar-refractivity contribution >= 4 is 76.7 Å². The molecule has 131 heavy (non-hydrogen) atoms. The lowest BCUT2D eigenvalue weighted by atomic mass is 9.88. The first-order valence-electron chi connectivity index (χ1n) is 47.4. The van der Waals surface area contributed by atoms with Gasteiger partial charge in [0.15, 0.2) is 39.7 Å². The van der Waals surface area contributed by atoms with Gasteiger partial charge in [-0.05, 0) is 212 Å². The van der Waals surface area contributed by atoms with Crippen LogP contribution < -0.4 is 22.8 Å². The molecule has 0 aliphatic carbocycles. The molecular weight excluding hydrogens is 1590 g/mol. The summed E-state index contributed by atoms with van der Waals surface area (Å²) in [6.07, 6.45) is 10.0. The van der Waals surface area contributed by atoms with E-state index in [9.17, 15) is 0 Å². The van der Waals surface area contributed by atoms with Crippen LogP contribution in [0.4, 0.5) is 0 Å². The Bertz CT molecular complexity index is 7480. The molecule has 9 nitrogen and oxygen atoms in total. The van der Waals surface area contributed by atoms with E-state index in [1.807, 2.05) is 6.07 Å². The molecule has 0 aliphatic rings. The molecule has 9 heteroatoms. The van der Waals surface area contributed by atoms with Gasteiger partial charge in [0, 0.05) is 61.5 Å². The molecule has 660 valence electrons. The summed E-state index contributed by atoms with van der Waals surface area (Å²) in [5.41, 5.74) is 38.2. The number of hydrogen-bond donors (Lipinski definition) is 0. The fourth-order valence-corrected chi connectivity index (χ4v) is 20.3. The fraction of sp³-hybridized carbons (Fsp3) is 0.254. The maximum absolute atomic E-state index is 2.52. The summed E-state index contributed by atoms with van der Waals surface area (Å²) < 4.78 is 21.3. The highest BCUT2D eigenvalue weighted by atomic mass is 15.2. The molecule has 0 fully saturated rings. The second-order valence-electron chi connectivity index (χ2n) is 38.4. The van der Waals surface area contributed by atoms with E-state index in [-0.39, 0.29) is 0 Å². The van der Waals surface area contributed by atoms with Crippen molar-refractivity contribution in [3.8, 4) is 67.9 Å². The Balaban J connectivity index is 0.000000122. The highest BCUT2D eigenvalue weighted by molar-refractivity contribution is 6.14. The van der Waals surface area contributed by atoms with Crippen molar-refractivity contribution in [2.45, 2.75) is 155 Å². The lowest BCUT2D eigenvalue weighted by Crippen LogP contribution is -2.30. The van der Waals surface area contributed by atoms with Crippen LogP contribution >= 0.6 is 0 Å². The average molecular weight is 1720 g/mol. The van der Waals surface area contributed by atoms with Gasteiger partial charge in [-0.2, -0.15) is 17.9 Å². The summed E-state index contributed by atoms with van der Waals surface area (Å²) >= 11 is 0. The number of aryl methyl sites for hydroxylation is 10. The SMILES string of the molecule is Cc1cccc2c3ccccc3n3c(-c4c(CC(C)C)cccc4C(C)C)c[n+](C)c3c12.Cc1cccc2c3ccccc3n3c(-c4c(CC(C)C)cccc4CC(C)C)c[n+](C)c3c12.Cc1ccccc1-c1cccc[n+]1C.Cc1ccccc1-c1n(-c2c(C(C)C)cccc2C(C)C)c2ccccc2[n+]1C.Cc1ccccc1-c1n(-c2ccccc2)c2ccccc2[n+]1C. The third-order valence-corrected chi connectivity index (χ3v) is 26.4. The Morgan fingerprint density at radius 2 is 0.618 bits per heavy atom. The monoisotopic (exact) mass is 1720 g/mol. The molecule has 0 saturated heterocycles. The second kappa shape index (κ2) is 39.0. The molecule has 13 aromatic carbocycles. The number of imidazole rings is 4. The van der Waals surface area contributed by atoms with Crippen LogP contribution in [0.2, 0.25) is 0 Å². The number of aromatic nitrogens is 9. The average Bonchev–Trinajstić information content (AvgIpc) is 1.59. The van der Waals surface area contributed by atoms with Gasteiger partial charge in [-0.1, -0.05) is 308 Å². The van der Waals surface area contributed by atoms with E-state index in [1.54, 1.807) is 0 Å². The molecule has 7 heterocycles. The number of para-hydroxylation sites is 8. The topological polar surface area (TPSA) is 38.1 Å². The molecular formula is C122H132N9+5. The van der Waals surface area contributed by atoms with E-state index in [0.29, 0.717) is 35.5 Å². The maximum Gasteiger partial charge on any atom is 0.295 e. The molecule has 7 aromatic heterocycles. The van der Waals surface area contributed by atoms with Crippen LogP contribution in [0.5, 0.6) is 0 Å². The quantitative estimate of drug-likeness (QED) is 0.0683. The van der Waals surface area contributed by atoms with Crippen LogP contribution in [-0.2, 0) is 54.5 Å². The van der Waals surface area contributed by atoms with E-state index in [0.717, 1.165) is 19.3 Å². The van der Waals surface area contributed by atoms with Crippen molar-refractivity contribution in [2.24, 2.45) is 53.0 Å². The van der Waals surface area contributed by atoms with E-state index < -0.39 is 0 Å². The van der Waals surface area contributed by atoms with Gasteiger partial charge in [-0.15, -0.1) is 0 Å². The van der Waals surface area contributed by atoms with Crippen molar-refractivity contribution in [3.05, 3.63) is 389 Å². The minimum Gasteiger partial charge on any atom is -0.232 e. The zero-order valence-corrected chi connectivity index (χ0v) is 81.3. The van der Waals surface area contributed by atoms with Crippen LogP contribution in [0, 0.1) is 52.4 Å². The Morgan fingerprint density at radius 1 is 0.275 bits per heavy atom. The van der Waals surface area contributed by atoms with Crippen LogP contribution in [0.25, 0.3) is 145 Å². The minimum absolute atomic E-state index is 0.444. The largest absolute Gasteiger partial charge is 0.295 e. The predicted molar refractivity (Wildman–Crippen MR) is 552 cm³/mol. The van der Waals surface area contributed by atoms with Gasteiger partial charge in [-0.3, -0.25) is 0 Å². The molecule has 0 radical (unpaired) electrons. The van der Waals surface area contributed by atoms with Gasteiger partial charge in [0.1, 0.15) is 41.8 Å². The minimum atomic E-state index is 0.444. The molecule has 0 bridgehead atoms. The standard InChI is InChI=1S/C31H35N2.C30H33N2.C27H31N2.C21H19N2.C13H14N/c1-20(2)17-23-12-10-13-24(18-21(3)4)30(23)28-19-32(6)31-29-22(5)11-9-15-26(29)25-14-7-8-16-27(25)33(28)31;1-19(2)17-22-12-10-14-23(20(3)4)29(22)27-18-31(6)30-28-21(5)11-9-15-25(28)24-13-7-8-16-26(24)32(27)30;1-18(2)21-14-11-15-22(19(3)4)26(21)29-25-17-10-9-16-24(25)28(6)27(29)23-13-8-7-12-20(23)5;1-16-10-6-7-13-18(16)21-22(2)19-14-8-9-15-20(19)23(21)17-11-4-3-5-12-17;1-11-7-3-4-8-12(11)13-9-5-6-10-14(13)2/h7-16,19-21H,17-18H2,1-6H3;7-16,18-20H,17H2,1-6H3;7-19H,1-6H3;3-15H,1-2H3;3-10H,1-2H3/q5*+1. The maximum atomic E-state index is 2.52. The van der Waals surface area contributed by atoms with Gasteiger partial charge in [0.2, 0.25) is 5.69 Å². The number of fused-ring (bicyclic) bond motifs is 14. The van der Waals surface area contributed by atoms with Gasteiger partial charge >= 0.3 is 0 Å². The Hall–Kier alpha value is -13.6. The Kier molecular flexibility index (Phi) is 27.0. The van der Waals surface area contributed by atoms with E-state index in [4.69, 9.17) is 0 Å². The highest BCUT2D eigenvalue weighted by Gasteiger charge is 2.35. The van der Waals surface area contributed by atoms with Crippen molar-refractivity contribution in [1.29, 1.82) is 0 Å².